The first kappa shape index (κ1) is 19.0. The van der Waals surface area contributed by atoms with Crippen molar-refractivity contribution in [3.8, 4) is 0 Å². The number of nitrogens with zero attached hydrogens (tertiary/aromatic N) is 2. The van der Waals surface area contributed by atoms with Gasteiger partial charge in [-0.15, -0.1) is 0 Å². The summed E-state index contributed by atoms with van der Waals surface area (Å²) < 4.78 is 1.88. The third-order valence-electron chi connectivity index (χ3n) is 3.96. The van der Waals surface area contributed by atoms with Crippen molar-refractivity contribution in [2.75, 3.05) is 0 Å². The summed E-state index contributed by atoms with van der Waals surface area (Å²) in [5.41, 5.74) is 5.76. The van der Waals surface area contributed by atoms with E-state index in [0.717, 1.165) is 11.1 Å². The summed E-state index contributed by atoms with van der Waals surface area (Å²) in [4.78, 5) is 8.40. The Morgan fingerprint density at radius 3 is 1.93 bits per heavy atom. The Morgan fingerprint density at radius 2 is 1.37 bits per heavy atom. The number of aromatic nitrogens is 1. The molecular weight excluding hydrogens is 443 g/mol. The predicted octanol–water partition coefficient (Wildman–Crippen LogP) is 6.57. The van der Waals surface area contributed by atoms with Gasteiger partial charge in [0, 0.05) is 24.8 Å². The molecule has 3 rings (SSSR count). The van der Waals surface area contributed by atoms with Crippen LogP contribution in [0.25, 0.3) is 11.1 Å². The first-order valence-electron chi connectivity index (χ1n) is 8.61. The molecule has 0 radical (unpaired) electrons. The van der Waals surface area contributed by atoms with Gasteiger partial charge in [0.1, 0.15) is 0 Å². The second-order valence-electron chi connectivity index (χ2n) is 5.69. The average molecular weight is 462 g/mol. The zero-order valence-corrected chi connectivity index (χ0v) is 16.9. The highest BCUT2D eigenvalue weighted by Crippen LogP contribution is 2.32. The van der Waals surface area contributed by atoms with Crippen molar-refractivity contribution < 1.29 is 0 Å². The maximum absolute atomic E-state index is 4.23. The van der Waals surface area contributed by atoms with E-state index in [1.165, 1.54) is 16.7 Å². The van der Waals surface area contributed by atoms with Crippen LogP contribution in [-0.4, -0.2) is 11.2 Å². The van der Waals surface area contributed by atoms with Gasteiger partial charge in [-0.2, -0.15) is 0 Å². The lowest BCUT2D eigenvalue weighted by atomic mass is 9.89. The number of halogens is 1. The lowest BCUT2D eigenvalue weighted by Gasteiger charge is -2.14. The van der Waals surface area contributed by atoms with E-state index in [2.05, 4.69) is 87.2 Å². The smallest absolute Gasteiger partial charge is 0.0328 e. The molecule has 0 saturated carbocycles. The van der Waals surface area contributed by atoms with E-state index in [1.807, 2.05) is 46.8 Å². The van der Waals surface area contributed by atoms with Crippen LogP contribution in [0.3, 0.4) is 0 Å². The highest BCUT2D eigenvalue weighted by Gasteiger charge is 2.11. The lowest BCUT2D eigenvalue weighted by Crippen LogP contribution is -1.94. The van der Waals surface area contributed by atoms with Crippen LogP contribution in [0.4, 0.5) is 0 Å². The molecule has 0 aliphatic rings. The molecule has 0 N–H and O–H groups in total. The normalized spacial score (nSPS) is 11.4. The second-order valence-corrected chi connectivity index (χ2v) is 6.41. The molecule has 0 fully saturated rings. The maximum Gasteiger partial charge on any atom is 0.0328 e. The molecule has 3 heteroatoms. The molecule has 0 aliphatic carbocycles. The quantitative estimate of drug-likeness (QED) is 0.231. The van der Waals surface area contributed by atoms with Gasteiger partial charge < -0.3 is 0 Å². The van der Waals surface area contributed by atoms with Crippen molar-refractivity contribution >= 4 is 40.0 Å². The highest BCUT2D eigenvalue weighted by molar-refractivity contribution is 14.1. The third kappa shape index (κ3) is 5.34. The van der Waals surface area contributed by atoms with E-state index in [4.69, 9.17) is 0 Å². The van der Waals surface area contributed by atoms with Crippen LogP contribution in [-0.2, 0) is 0 Å². The molecule has 1 aromatic heterocycles. The Hall–Kier alpha value is -2.79. The minimum absolute atomic E-state index is 1.11. The molecule has 2 nitrogen and oxygen atoms in total. The number of rotatable bonds is 6. The summed E-state index contributed by atoms with van der Waals surface area (Å²) in [7, 11) is 0. The standard InChI is InChI=1S/C24H19IN2/c25-15-19-26-16-7-12-23(20-13-17-27-18-14-20)24(21-8-3-1-4-9-21)22-10-5-2-6-11-22/h1-19H/b12-7+,19-15-,26-16-. The van der Waals surface area contributed by atoms with Crippen LogP contribution in [0.1, 0.15) is 16.7 Å². The molecule has 1 heterocycles. The van der Waals surface area contributed by atoms with E-state index in [0.29, 0.717) is 0 Å². The van der Waals surface area contributed by atoms with Gasteiger partial charge >= 0.3 is 0 Å². The molecule has 0 aliphatic heterocycles. The first-order valence-corrected chi connectivity index (χ1v) is 9.85. The Balaban J connectivity index is 2.23. The van der Waals surface area contributed by atoms with E-state index >= 15 is 0 Å². The van der Waals surface area contributed by atoms with E-state index in [1.54, 1.807) is 12.4 Å². The van der Waals surface area contributed by atoms with Gasteiger partial charge in [-0.3, -0.25) is 9.98 Å². The maximum atomic E-state index is 4.23. The molecule has 0 saturated heterocycles. The van der Waals surface area contributed by atoms with Gasteiger partial charge in [0.05, 0.1) is 0 Å². The molecule has 2 aromatic carbocycles. The van der Waals surface area contributed by atoms with E-state index < -0.39 is 0 Å². The molecule has 27 heavy (non-hydrogen) atoms. The minimum Gasteiger partial charge on any atom is -0.265 e. The monoisotopic (exact) mass is 462 g/mol. The molecule has 0 unspecified atom stereocenters. The van der Waals surface area contributed by atoms with Gasteiger partial charge in [0.2, 0.25) is 0 Å². The zero-order chi connectivity index (χ0) is 18.7. The Kier molecular flexibility index (Phi) is 7.30. The summed E-state index contributed by atoms with van der Waals surface area (Å²) in [5, 5.41) is 0. The van der Waals surface area contributed by atoms with Crippen LogP contribution >= 0.6 is 22.6 Å². The Morgan fingerprint density at radius 1 is 0.778 bits per heavy atom. The molecule has 0 amide bonds. The first-order chi connectivity index (χ1) is 13.4. The average Bonchev–Trinajstić information content (AvgIpc) is 2.75. The summed E-state index contributed by atoms with van der Waals surface area (Å²) in [6.07, 6.45) is 11.3. The van der Waals surface area contributed by atoms with Crippen molar-refractivity contribution in [2.24, 2.45) is 4.99 Å². The van der Waals surface area contributed by atoms with Gasteiger partial charge in [0.25, 0.3) is 0 Å². The summed E-state index contributed by atoms with van der Waals surface area (Å²) in [5.74, 6) is 0. The Labute approximate surface area is 173 Å². The van der Waals surface area contributed by atoms with E-state index in [9.17, 15) is 0 Å². The van der Waals surface area contributed by atoms with Crippen molar-refractivity contribution in [2.45, 2.75) is 0 Å². The molecule has 3 aromatic rings. The number of hydrogen-bond donors (Lipinski definition) is 0. The fraction of sp³-hybridized carbons (Fsp3) is 0. The predicted molar refractivity (Wildman–Crippen MR) is 124 cm³/mol. The number of aliphatic imine (C=N–C) groups is 1. The van der Waals surface area contributed by atoms with Gasteiger partial charge in [0.15, 0.2) is 0 Å². The number of benzene rings is 2. The van der Waals surface area contributed by atoms with Crippen molar-refractivity contribution in [3.05, 3.63) is 124 Å². The van der Waals surface area contributed by atoms with Crippen LogP contribution in [0.5, 0.6) is 0 Å². The van der Waals surface area contributed by atoms with Crippen molar-refractivity contribution in [1.29, 1.82) is 0 Å². The summed E-state index contributed by atoms with van der Waals surface area (Å²) in [6.45, 7) is 0. The topological polar surface area (TPSA) is 25.2 Å². The van der Waals surface area contributed by atoms with Crippen LogP contribution in [0.15, 0.2) is 113 Å². The summed E-state index contributed by atoms with van der Waals surface area (Å²) in [6, 6.07) is 25.0. The van der Waals surface area contributed by atoms with Gasteiger partial charge in [-0.25, -0.2) is 0 Å². The van der Waals surface area contributed by atoms with Crippen LogP contribution in [0, 0.1) is 0 Å². The summed E-state index contributed by atoms with van der Waals surface area (Å²) >= 11 is 2.15. The SMILES string of the molecule is I\C=C/N=C\C=C\C(=C(c1ccccc1)c1ccccc1)c1ccncc1. The fourth-order valence-electron chi connectivity index (χ4n) is 2.81. The van der Waals surface area contributed by atoms with E-state index in [-0.39, 0.29) is 0 Å². The minimum atomic E-state index is 1.11. The van der Waals surface area contributed by atoms with Crippen molar-refractivity contribution in [3.63, 3.8) is 0 Å². The molecule has 132 valence electrons. The van der Waals surface area contributed by atoms with Crippen LogP contribution < -0.4 is 0 Å². The largest absolute Gasteiger partial charge is 0.265 e. The molecular formula is C24H19IN2. The molecule has 0 atom stereocenters. The molecule has 0 bridgehead atoms. The zero-order valence-electron chi connectivity index (χ0n) is 14.7. The number of hydrogen-bond acceptors (Lipinski definition) is 2. The van der Waals surface area contributed by atoms with Crippen molar-refractivity contribution in [1.82, 2.24) is 4.98 Å². The van der Waals surface area contributed by atoms with Gasteiger partial charge in [-0.1, -0.05) is 89.3 Å². The molecule has 0 spiro atoms. The second kappa shape index (κ2) is 10.4. The highest BCUT2D eigenvalue weighted by atomic mass is 127. The Bertz CT molecular complexity index is 916. The fourth-order valence-corrected chi connectivity index (χ4v) is 3.00. The third-order valence-corrected chi connectivity index (χ3v) is 4.28. The number of allylic oxidation sites excluding steroid dienone is 3. The lowest BCUT2D eigenvalue weighted by molar-refractivity contribution is 1.32. The number of pyridine rings is 1. The van der Waals surface area contributed by atoms with Gasteiger partial charge in [-0.05, 0) is 50.1 Å². The van der Waals surface area contributed by atoms with Crippen LogP contribution in [0.2, 0.25) is 0 Å².